The van der Waals surface area contributed by atoms with E-state index in [-0.39, 0.29) is 0 Å². The summed E-state index contributed by atoms with van der Waals surface area (Å²) < 4.78 is 0. The molecule has 19 heavy (non-hydrogen) atoms. The van der Waals surface area contributed by atoms with Crippen LogP contribution in [-0.4, -0.2) is 41.1 Å². The number of hydrogen-bond donors (Lipinski definition) is 1. The van der Waals surface area contributed by atoms with Gasteiger partial charge in [0.15, 0.2) is 0 Å². The fraction of sp³-hybridized carbons (Fsp3) is 1.00. The number of likely N-dealkylation sites (tertiary alicyclic amines) is 1. The lowest BCUT2D eigenvalue weighted by Crippen LogP contribution is -2.45. The van der Waals surface area contributed by atoms with Gasteiger partial charge < -0.3 is 5.11 Å². The molecule has 112 valence electrons. The van der Waals surface area contributed by atoms with Gasteiger partial charge in [-0.3, -0.25) is 4.90 Å². The van der Waals surface area contributed by atoms with Crippen LogP contribution < -0.4 is 0 Å². The van der Waals surface area contributed by atoms with Crippen LogP contribution in [0.15, 0.2) is 0 Å². The second-order valence-electron chi connectivity index (χ2n) is 6.70. The summed E-state index contributed by atoms with van der Waals surface area (Å²) in [4.78, 5) is 2.61. The van der Waals surface area contributed by atoms with E-state index in [1.807, 2.05) is 0 Å². The third kappa shape index (κ3) is 4.44. The summed E-state index contributed by atoms with van der Waals surface area (Å²) >= 11 is 3.80. The first-order chi connectivity index (χ1) is 9.29. The predicted molar refractivity (Wildman–Crippen MR) is 84.8 cm³/mol. The number of halogens is 1. The molecular weight excluding hydrogens is 302 g/mol. The average Bonchev–Trinajstić information content (AvgIpc) is 2.80. The van der Waals surface area contributed by atoms with Gasteiger partial charge in [-0.1, -0.05) is 54.5 Å². The van der Waals surface area contributed by atoms with Gasteiger partial charge in [0.2, 0.25) is 0 Å². The zero-order valence-electron chi connectivity index (χ0n) is 12.2. The lowest BCUT2D eigenvalue weighted by molar-refractivity contribution is 0.0759. The van der Waals surface area contributed by atoms with E-state index in [4.69, 9.17) is 0 Å². The highest BCUT2D eigenvalue weighted by molar-refractivity contribution is 9.09. The second-order valence-corrected chi connectivity index (χ2v) is 7.26. The van der Waals surface area contributed by atoms with Crippen molar-refractivity contribution < 1.29 is 5.11 Å². The standard InChI is InChI=1S/C16H30BrNO/c17-13-16(9-5-1-2-6-10-16)14-18-11-7-3-4-8-15(18)12-19/h15,19H,1-14H2. The zero-order chi connectivity index (χ0) is 13.6. The molecule has 2 nitrogen and oxygen atoms in total. The summed E-state index contributed by atoms with van der Waals surface area (Å²) in [6, 6.07) is 0.418. The summed E-state index contributed by atoms with van der Waals surface area (Å²) in [6.07, 6.45) is 13.5. The van der Waals surface area contributed by atoms with Gasteiger partial charge in [-0.05, 0) is 37.6 Å². The molecule has 3 heteroatoms. The molecule has 1 saturated heterocycles. The Balaban J connectivity index is 2.01. The van der Waals surface area contributed by atoms with Crippen LogP contribution in [0.4, 0.5) is 0 Å². The fourth-order valence-electron chi connectivity index (χ4n) is 3.90. The molecule has 0 aromatic rings. The Morgan fingerprint density at radius 1 is 1.00 bits per heavy atom. The number of alkyl halides is 1. The SMILES string of the molecule is OCC1CCCCCN1CC1(CBr)CCCCCC1. The first-order valence-corrected chi connectivity index (χ1v) is 9.33. The number of aliphatic hydroxyl groups excluding tert-OH is 1. The fourth-order valence-corrected chi connectivity index (χ4v) is 4.63. The van der Waals surface area contributed by atoms with Crippen LogP contribution in [0.25, 0.3) is 0 Å². The Bertz CT molecular complexity index is 251. The molecule has 0 aromatic heterocycles. The number of hydrogen-bond acceptors (Lipinski definition) is 2. The summed E-state index contributed by atoms with van der Waals surface area (Å²) in [5.74, 6) is 0. The van der Waals surface area contributed by atoms with Gasteiger partial charge in [0.05, 0.1) is 6.61 Å². The minimum atomic E-state index is 0.346. The molecule has 0 amide bonds. The lowest BCUT2D eigenvalue weighted by Gasteiger charge is -2.39. The molecule has 0 aromatic carbocycles. The summed E-state index contributed by atoms with van der Waals surface area (Å²) in [5.41, 5.74) is 0.467. The Kier molecular flexibility index (Phi) is 6.64. The molecule has 1 aliphatic carbocycles. The maximum atomic E-state index is 9.67. The molecule has 1 atom stereocenters. The highest BCUT2D eigenvalue weighted by Crippen LogP contribution is 2.38. The number of aliphatic hydroxyl groups is 1. The van der Waals surface area contributed by atoms with Crippen LogP contribution in [0.5, 0.6) is 0 Å². The van der Waals surface area contributed by atoms with Crippen molar-refractivity contribution in [1.82, 2.24) is 4.90 Å². The van der Waals surface area contributed by atoms with Gasteiger partial charge in [-0.25, -0.2) is 0 Å². The quantitative estimate of drug-likeness (QED) is 0.622. The van der Waals surface area contributed by atoms with Crippen LogP contribution >= 0.6 is 15.9 Å². The Morgan fingerprint density at radius 3 is 2.32 bits per heavy atom. The first-order valence-electron chi connectivity index (χ1n) is 8.20. The van der Waals surface area contributed by atoms with Crippen molar-refractivity contribution in [1.29, 1.82) is 0 Å². The smallest absolute Gasteiger partial charge is 0.0586 e. The van der Waals surface area contributed by atoms with Crippen molar-refractivity contribution in [3.63, 3.8) is 0 Å². The van der Waals surface area contributed by atoms with Gasteiger partial charge in [0.25, 0.3) is 0 Å². The van der Waals surface area contributed by atoms with Gasteiger partial charge in [-0.2, -0.15) is 0 Å². The minimum absolute atomic E-state index is 0.346. The van der Waals surface area contributed by atoms with Crippen LogP contribution in [0, 0.1) is 5.41 Å². The molecule has 1 aliphatic heterocycles. The van der Waals surface area contributed by atoms with Gasteiger partial charge in [0.1, 0.15) is 0 Å². The monoisotopic (exact) mass is 331 g/mol. The van der Waals surface area contributed by atoms with Crippen molar-refractivity contribution >= 4 is 15.9 Å². The maximum absolute atomic E-state index is 9.67. The van der Waals surface area contributed by atoms with Crippen molar-refractivity contribution in [2.75, 3.05) is 25.0 Å². The molecular formula is C16H30BrNO. The molecule has 0 spiro atoms. The van der Waals surface area contributed by atoms with Gasteiger partial charge in [-0.15, -0.1) is 0 Å². The lowest BCUT2D eigenvalue weighted by atomic mass is 9.81. The molecule has 1 unspecified atom stereocenters. The molecule has 0 bridgehead atoms. The third-order valence-corrected chi connectivity index (χ3v) is 6.39. The largest absolute Gasteiger partial charge is 0.395 e. The maximum Gasteiger partial charge on any atom is 0.0586 e. The van der Waals surface area contributed by atoms with Crippen molar-refractivity contribution in [2.24, 2.45) is 5.41 Å². The predicted octanol–water partition coefficient (Wildman–Crippen LogP) is 3.96. The third-order valence-electron chi connectivity index (χ3n) is 5.20. The zero-order valence-corrected chi connectivity index (χ0v) is 13.8. The minimum Gasteiger partial charge on any atom is -0.395 e. The van der Waals surface area contributed by atoms with Crippen LogP contribution in [0.3, 0.4) is 0 Å². The van der Waals surface area contributed by atoms with E-state index < -0.39 is 0 Å². The van der Waals surface area contributed by atoms with Crippen molar-refractivity contribution in [2.45, 2.75) is 70.3 Å². The molecule has 0 radical (unpaired) electrons. The Labute approximate surface area is 127 Å². The van der Waals surface area contributed by atoms with E-state index in [1.54, 1.807) is 0 Å². The highest BCUT2D eigenvalue weighted by Gasteiger charge is 2.34. The molecule has 2 fully saturated rings. The van der Waals surface area contributed by atoms with Crippen LogP contribution in [-0.2, 0) is 0 Å². The summed E-state index contributed by atoms with van der Waals surface area (Å²) in [5, 5.41) is 10.8. The molecule has 1 heterocycles. The second kappa shape index (κ2) is 7.99. The van der Waals surface area contributed by atoms with E-state index in [2.05, 4.69) is 20.8 Å². The van der Waals surface area contributed by atoms with Gasteiger partial charge in [0, 0.05) is 17.9 Å². The topological polar surface area (TPSA) is 23.5 Å². The summed E-state index contributed by atoms with van der Waals surface area (Å²) in [6.45, 7) is 2.74. The van der Waals surface area contributed by atoms with E-state index in [0.717, 1.165) is 5.33 Å². The summed E-state index contributed by atoms with van der Waals surface area (Å²) in [7, 11) is 0. The molecule has 1 saturated carbocycles. The molecule has 2 aliphatic rings. The normalized spacial score (nSPS) is 29.7. The first kappa shape index (κ1) is 15.8. The van der Waals surface area contributed by atoms with E-state index in [0.29, 0.717) is 18.1 Å². The number of nitrogens with zero attached hydrogens (tertiary/aromatic N) is 1. The molecule has 2 rings (SSSR count). The highest BCUT2D eigenvalue weighted by atomic mass is 79.9. The average molecular weight is 332 g/mol. The van der Waals surface area contributed by atoms with E-state index in [1.165, 1.54) is 77.3 Å². The van der Waals surface area contributed by atoms with Crippen LogP contribution in [0.1, 0.15) is 64.2 Å². The number of rotatable bonds is 4. The van der Waals surface area contributed by atoms with E-state index in [9.17, 15) is 5.11 Å². The Hall–Kier alpha value is 0.400. The van der Waals surface area contributed by atoms with Crippen molar-refractivity contribution in [3.8, 4) is 0 Å². The van der Waals surface area contributed by atoms with Gasteiger partial charge >= 0.3 is 0 Å². The van der Waals surface area contributed by atoms with Crippen molar-refractivity contribution in [3.05, 3.63) is 0 Å². The Morgan fingerprint density at radius 2 is 1.68 bits per heavy atom. The molecule has 1 N–H and O–H groups in total. The van der Waals surface area contributed by atoms with Crippen LogP contribution in [0.2, 0.25) is 0 Å². The van der Waals surface area contributed by atoms with E-state index >= 15 is 0 Å².